The number of rotatable bonds is 7. The summed E-state index contributed by atoms with van der Waals surface area (Å²) in [6.07, 6.45) is 2.73. The molecule has 0 saturated carbocycles. The summed E-state index contributed by atoms with van der Waals surface area (Å²) in [7, 11) is 0. The highest BCUT2D eigenvalue weighted by Crippen LogP contribution is 2.31. The molecule has 0 atom stereocenters. The van der Waals surface area contributed by atoms with Crippen molar-refractivity contribution in [1.29, 1.82) is 5.26 Å². The number of hydrogen-bond donors (Lipinski definition) is 0. The largest absolute Gasteiger partial charge is 0.494 e. The number of unbranched alkanes of at least 4 members (excludes halogenated alkanes) is 1. The van der Waals surface area contributed by atoms with Crippen molar-refractivity contribution in [3.05, 3.63) is 64.7 Å². The highest BCUT2D eigenvalue weighted by Gasteiger charge is 2.38. The van der Waals surface area contributed by atoms with Crippen molar-refractivity contribution in [3.8, 4) is 11.8 Å². The van der Waals surface area contributed by atoms with Crippen molar-refractivity contribution in [2.24, 2.45) is 5.10 Å². The molecule has 5 nitrogen and oxygen atoms in total. The second kappa shape index (κ2) is 9.13. The van der Waals surface area contributed by atoms with Gasteiger partial charge in [-0.15, -0.1) is 0 Å². The zero-order chi connectivity index (χ0) is 21.7. The SMILES string of the molecule is Cc1cc(C)cc(C2=NN(C(=O)CCCCOc3ccc(C#N)cc3)C(C)(C)C2)c1. The minimum atomic E-state index is -0.316. The van der Waals surface area contributed by atoms with Gasteiger partial charge in [0.15, 0.2) is 0 Å². The van der Waals surface area contributed by atoms with Crippen LogP contribution in [-0.2, 0) is 4.79 Å². The van der Waals surface area contributed by atoms with Crippen LogP contribution in [0.3, 0.4) is 0 Å². The van der Waals surface area contributed by atoms with Crippen molar-refractivity contribution in [1.82, 2.24) is 5.01 Å². The summed E-state index contributed by atoms with van der Waals surface area (Å²) in [6.45, 7) is 8.84. The molecule has 3 rings (SSSR count). The molecule has 1 aliphatic heterocycles. The van der Waals surface area contributed by atoms with Gasteiger partial charge in [0, 0.05) is 12.8 Å². The van der Waals surface area contributed by atoms with Gasteiger partial charge in [-0.1, -0.05) is 29.3 Å². The summed E-state index contributed by atoms with van der Waals surface area (Å²) in [5.41, 5.74) is 4.79. The van der Waals surface area contributed by atoms with E-state index in [1.54, 1.807) is 29.3 Å². The van der Waals surface area contributed by atoms with Gasteiger partial charge in [-0.25, -0.2) is 5.01 Å². The monoisotopic (exact) mass is 403 g/mol. The lowest BCUT2D eigenvalue weighted by Crippen LogP contribution is -2.40. The van der Waals surface area contributed by atoms with Crippen LogP contribution in [0, 0.1) is 25.2 Å². The van der Waals surface area contributed by atoms with E-state index in [4.69, 9.17) is 15.1 Å². The molecule has 2 aromatic rings. The van der Waals surface area contributed by atoms with Crippen molar-refractivity contribution in [2.45, 2.75) is 58.9 Å². The maximum Gasteiger partial charge on any atom is 0.243 e. The van der Waals surface area contributed by atoms with Crippen molar-refractivity contribution in [2.75, 3.05) is 6.61 Å². The number of nitrogens with zero attached hydrogens (tertiary/aromatic N) is 3. The van der Waals surface area contributed by atoms with Crippen molar-refractivity contribution >= 4 is 11.6 Å². The quantitative estimate of drug-likeness (QED) is 0.601. The molecule has 0 saturated heterocycles. The lowest BCUT2D eigenvalue weighted by atomic mass is 9.93. The van der Waals surface area contributed by atoms with Crippen LogP contribution in [0.2, 0.25) is 0 Å². The number of hydrogen-bond acceptors (Lipinski definition) is 4. The Morgan fingerprint density at radius 3 is 2.43 bits per heavy atom. The molecule has 1 heterocycles. The average Bonchev–Trinajstić information content (AvgIpc) is 3.03. The predicted molar refractivity (Wildman–Crippen MR) is 118 cm³/mol. The van der Waals surface area contributed by atoms with Gasteiger partial charge in [-0.3, -0.25) is 4.79 Å². The van der Waals surface area contributed by atoms with Gasteiger partial charge in [0.2, 0.25) is 5.91 Å². The van der Waals surface area contributed by atoms with E-state index in [0.29, 0.717) is 18.6 Å². The normalized spacial score (nSPS) is 14.9. The van der Waals surface area contributed by atoms with Crippen molar-refractivity contribution in [3.63, 3.8) is 0 Å². The second-order valence-corrected chi connectivity index (χ2v) is 8.56. The third-order valence-electron chi connectivity index (χ3n) is 5.22. The third-order valence-corrected chi connectivity index (χ3v) is 5.22. The molecule has 0 N–H and O–H groups in total. The first-order chi connectivity index (χ1) is 14.3. The molecule has 0 spiro atoms. The third kappa shape index (κ3) is 5.27. The maximum atomic E-state index is 12.8. The molecule has 156 valence electrons. The highest BCUT2D eigenvalue weighted by atomic mass is 16.5. The molecule has 1 aliphatic rings. The van der Waals surface area contributed by atoms with Gasteiger partial charge in [0.1, 0.15) is 5.75 Å². The van der Waals surface area contributed by atoms with Gasteiger partial charge in [0.05, 0.1) is 29.5 Å². The van der Waals surface area contributed by atoms with Crippen LogP contribution in [0.1, 0.15) is 61.8 Å². The Kier molecular flexibility index (Phi) is 6.56. The van der Waals surface area contributed by atoms with E-state index in [-0.39, 0.29) is 11.4 Å². The molecule has 0 radical (unpaired) electrons. The zero-order valence-electron chi connectivity index (χ0n) is 18.2. The molecule has 0 unspecified atom stereocenters. The smallest absolute Gasteiger partial charge is 0.243 e. The number of hydrazone groups is 1. The van der Waals surface area contributed by atoms with Crippen LogP contribution >= 0.6 is 0 Å². The van der Waals surface area contributed by atoms with Crippen LogP contribution in [0.4, 0.5) is 0 Å². The highest BCUT2D eigenvalue weighted by molar-refractivity contribution is 6.03. The number of aryl methyl sites for hydroxylation is 2. The van der Waals surface area contributed by atoms with E-state index in [2.05, 4.69) is 52.0 Å². The van der Waals surface area contributed by atoms with Crippen LogP contribution < -0.4 is 4.74 Å². The Bertz CT molecular complexity index is 964. The number of nitriles is 1. The van der Waals surface area contributed by atoms with Crippen LogP contribution in [-0.4, -0.2) is 28.8 Å². The molecule has 0 fully saturated rings. The Morgan fingerprint density at radius 2 is 1.80 bits per heavy atom. The summed E-state index contributed by atoms with van der Waals surface area (Å²) >= 11 is 0. The molecular formula is C25H29N3O2. The molecule has 5 heteroatoms. The summed E-state index contributed by atoms with van der Waals surface area (Å²) in [5.74, 6) is 0.793. The Labute approximate surface area is 179 Å². The lowest BCUT2D eigenvalue weighted by molar-refractivity contribution is -0.135. The first-order valence-electron chi connectivity index (χ1n) is 10.4. The van der Waals surface area contributed by atoms with Gasteiger partial charge in [0.25, 0.3) is 0 Å². The molecule has 2 aromatic carbocycles. The number of benzene rings is 2. The van der Waals surface area contributed by atoms with Gasteiger partial charge < -0.3 is 4.74 Å². The summed E-state index contributed by atoms with van der Waals surface area (Å²) in [5, 5.41) is 15.2. The molecule has 0 bridgehead atoms. The van der Waals surface area contributed by atoms with Gasteiger partial charge in [-0.05, 0) is 70.4 Å². The Balaban J connectivity index is 1.52. The van der Waals surface area contributed by atoms with Gasteiger partial charge >= 0.3 is 0 Å². The van der Waals surface area contributed by atoms with Gasteiger partial charge in [-0.2, -0.15) is 10.4 Å². The van der Waals surface area contributed by atoms with E-state index in [1.165, 1.54) is 11.1 Å². The minimum absolute atomic E-state index is 0.0535. The summed E-state index contributed by atoms with van der Waals surface area (Å²) < 4.78 is 5.69. The average molecular weight is 404 g/mol. The first kappa shape index (κ1) is 21.6. The van der Waals surface area contributed by atoms with E-state index >= 15 is 0 Å². The van der Waals surface area contributed by atoms with E-state index in [1.807, 2.05) is 0 Å². The lowest BCUT2D eigenvalue weighted by Gasteiger charge is -2.28. The Morgan fingerprint density at radius 1 is 1.13 bits per heavy atom. The summed E-state index contributed by atoms with van der Waals surface area (Å²) in [6, 6.07) is 15.6. The van der Waals surface area contributed by atoms with E-state index in [9.17, 15) is 4.79 Å². The van der Waals surface area contributed by atoms with Crippen LogP contribution in [0.15, 0.2) is 47.6 Å². The molecule has 0 aliphatic carbocycles. The molecule has 1 amide bonds. The molecule has 30 heavy (non-hydrogen) atoms. The zero-order valence-corrected chi connectivity index (χ0v) is 18.2. The topological polar surface area (TPSA) is 65.7 Å². The van der Waals surface area contributed by atoms with Crippen LogP contribution in [0.25, 0.3) is 0 Å². The van der Waals surface area contributed by atoms with Crippen LogP contribution in [0.5, 0.6) is 5.75 Å². The number of amides is 1. The fourth-order valence-corrected chi connectivity index (χ4v) is 3.77. The van der Waals surface area contributed by atoms with Crippen molar-refractivity contribution < 1.29 is 9.53 Å². The predicted octanol–water partition coefficient (Wildman–Crippen LogP) is 5.14. The number of carbonyl (C=O) groups is 1. The molecular weight excluding hydrogens is 374 g/mol. The van der Waals surface area contributed by atoms with E-state index in [0.717, 1.165) is 36.3 Å². The number of ether oxygens (including phenoxy) is 1. The number of carbonyl (C=O) groups excluding carboxylic acids is 1. The van der Waals surface area contributed by atoms with E-state index < -0.39 is 0 Å². The maximum absolute atomic E-state index is 12.8. The molecule has 0 aromatic heterocycles. The fraction of sp³-hybridized carbons (Fsp3) is 0.400. The Hall–Kier alpha value is -3.13. The summed E-state index contributed by atoms with van der Waals surface area (Å²) in [4.78, 5) is 12.8. The fourth-order valence-electron chi connectivity index (χ4n) is 3.77. The first-order valence-corrected chi connectivity index (χ1v) is 10.4. The standard InChI is InChI=1S/C25H29N3O2/c1-18-13-19(2)15-21(14-18)23-16-25(3,4)28(27-23)24(29)7-5-6-12-30-22-10-8-20(17-26)9-11-22/h8-11,13-15H,5-7,12,16H2,1-4H3. The second-order valence-electron chi connectivity index (χ2n) is 8.56. The minimum Gasteiger partial charge on any atom is -0.494 e.